The quantitative estimate of drug-likeness (QED) is 0.762. The first kappa shape index (κ1) is 19.9. The van der Waals surface area contributed by atoms with Crippen molar-refractivity contribution in [3.8, 4) is 0 Å². The fourth-order valence-electron chi connectivity index (χ4n) is 1.75. The van der Waals surface area contributed by atoms with E-state index in [2.05, 4.69) is 10.6 Å². The molecule has 120 valence electrons. The van der Waals surface area contributed by atoms with Gasteiger partial charge < -0.3 is 10.6 Å². The summed E-state index contributed by atoms with van der Waals surface area (Å²) in [6.07, 6.45) is 1.74. The SMILES string of the molecule is CCNCc1cccc(NC(=O)CCCS(C)(=O)=O)c1.Cl. The molecule has 21 heavy (non-hydrogen) atoms. The van der Waals surface area contributed by atoms with Crippen LogP contribution in [0, 0.1) is 0 Å². The van der Waals surface area contributed by atoms with Crippen molar-refractivity contribution in [2.24, 2.45) is 0 Å². The zero-order valence-electron chi connectivity index (χ0n) is 12.4. The number of hydrogen-bond donors (Lipinski definition) is 2. The topological polar surface area (TPSA) is 75.3 Å². The van der Waals surface area contributed by atoms with Gasteiger partial charge >= 0.3 is 0 Å². The average molecular weight is 335 g/mol. The number of rotatable bonds is 8. The van der Waals surface area contributed by atoms with E-state index in [1.165, 1.54) is 6.26 Å². The lowest BCUT2D eigenvalue weighted by atomic mass is 10.2. The second-order valence-electron chi connectivity index (χ2n) is 4.76. The molecule has 0 atom stereocenters. The van der Waals surface area contributed by atoms with E-state index in [4.69, 9.17) is 0 Å². The van der Waals surface area contributed by atoms with Gasteiger partial charge in [-0.3, -0.25) is 4.79 Å². The zero-order valence-corrected chi connectivity index (χ0v) is 14.0. The van der Waals surface area contributed by atoms with Gasteiger partial charge in [-0.15, -0.1) is 12.4 Å². The van der Waals surface area contributed by atoms with Crippen LogP contribution in [-0.4, -0.2) is 32.9 Å². The molecule has 1 aromatic carbocycles. The number of anilines is 1. The third kappa shape index (κ3) is 9.44. The summed E-state index contributed by atoms with van der Waals surface area (Å²) >= 11 is 0. The van der Waals surface area contributed by atoms with Gasteiger partial charge in [0.15, 0.2) is 0 Å². The van der Waals surface area contributed by atoms with Gasteiger partial charge in [-0.05, 0) is 30.7 Å². The molecule has 0 aliphatic heterocycles. The molecule has 0 saturated carbocycles. The summed E-state index contributed by atoms with van der Waals surface area (Å²) in [5.41, 5.74) is 1.84. The van der Waals surface area contributed by atoms with Gasteiger partial charge in [0.05, 0.1) is 5.75 Å². The Morgan fingerprint density at radius 3 is 2.62 bits per heavy atom. The van der Waals surface area contributed by atoms with Crippen molar-refractivity contribution >= 4 is 33.8 Å². The van der Waals surface area contributed by atoms with Crippen LogP contribution in [0.5, 0.6) is 0 Å². The van der Waals surface area contributed by atoms with Crippen molar-refractivity contribution in [2.75, 3.05) is 23.9 Å². The van der Waals surface area contributed by atoms with Crippen LogP contribution in [0.2, 0.25) is 0 Å². The Morgan fingerprint density at radius 1 is 1.29 bits per heavy atom. The van der Waals surface area contributed by atoms with Crippen LogP contribution >= 0.6 is 12.4 Å². The number of amides is 1. The highest BCUT2D eigenvalue weighted by molar-refractivity contribution is 7.90. The molecular formula is C14H23ClN2O3S. The summed E-state index contributed by atoms with van der Waals surface area (Å²) < 4.78 is 22.0. The van der Waals surface area contributed by atoms with Gasteiger partial charge in [0.2, 0.25) is 5.91 Å². The van der Waals surface area contributed by atoms with Crippen LogP contribution in [-0.2, 0) is 21.2 Å². The molecule has 7 heteroatoms. The molecule has 1 amide bonds. The molecule has 0 fully saturated rings. The van der Waals surface area contributed by atoms with Crippen LogP contribution in [0.25, 0.3) is 0 Å². The molecule has 0 aliphatic carbocycles. The molecule has 0 unspecified atom stereocenters. The molecule has 5 nitrogen and oxygen atoms in total. The van der Waals surface area contributed by atoms with Crippen molar-refractivity contribution in [2.45, 2.75) is 26.3 Å². The largest absolute Gasteiger partial charge is 0.326 e. The van der Waals surface area contributed by atoms with E-state index in [-0.39, 0.29) is 30.5 Å². The Kier molecular flexibility index (Phi) is 9.24. The van der Waals surface area contributed by atoms with E-state index >= 15 is 0 Å². The fourth-order valence-corrected chi connectivity index (χ4v) is 2.42. The molecule has 2 N–H and O–H groups in total. The average Bonchev–Trinajstić information content (AvgIpc) is 2.35. The van der Waals surface area contributed by atoms with Crippen LogP contribution < -0.4 is 10.6 Å². The first-order valence-corrected chi connectivity index (χ1v) is 8.74. The second kappa shape index (κ2) is 9.76. The third-order valence-electron chi connectivity index (χ3n) is 2.71. The predicted molar refractivity (Wildman–Crippen MR) is 88.6 cm³/mol. The lowest BCUT2D eigenvalue weighted by molar-refractivity contribution is -0.116. The number of carbonyl (C=O) groups is 1. The Morgan fingerprint density at radius 2 is 2.00 bits per heavy atom. The van der Waals surface area contributed by atoms with Crippen LogP contribution in [0.1, 0.15) is 25.3 Å². The van der Waals surface area contributed by atoms with E-state index in [1.807, 2.05) is 31.2 Å². The predicted octanol–water partition coefficient (Wildman–Crippen LogP) is 1.98. The first-order chi connectivity index (χ1) is 9.40. The van der Waals surface area contributed by atoms with Crippen molar-refractivity contribution < 1.29 is 13.2 Å². The van der Waals surface area contributed by atoms with Crippen molar-refractivity contribution in [1.82, 2.24) is 5.32 Å². The van der Waals surface area contributed by atoms with E-state index < -0.39 is 9.84 Å². The molecule has 0 spiro atoms. The summed E-state index contributed by atoms with van der Waals surface area (Å²) in [5, 5.41) is 6.00. The Bertz CT molecular complexity index is 547. The Hall–Kier alpha value is -1.11. The second-order valence-corrected chi connectivity index (χ2v) is 7.02. The number of halogens is 1. The highest BCUT2D eigenvalue weighted by atomic mass is 35.5. The van der Waals surface area contributed by atoms with E-state index in [1.54, 1.807) is 0 Å². The maximum absolute atomic E-state index is 11.7. The lowest BCUT2D eigenvalue weighted by Crippen LogP contribution is -2.15. The molecule has 0 saturated heterocycles. The van der Waals surface area contributed by atoms with Gasteiger partial charge in [-0.25, -0.2) is 8.42 Å². The summed E-state index contributed by atoms with van der Waals surface area (Å²) in [6, 6.07) is 7.61. The number of benzene rings is 1. The number of hydrogen-bond acceptors (Lipinski definition) is 4. The van der Waals surface area contributed by atoms with E-state index in [0.29, 0.717) is 6.42 Å². The normalized spacial score (nSPS) is 10.8. The number of sulfone groups is 1. The first-order valence-electron chi connectivity index (χ1n) is 6.68. The van der Waals surface area contributed by atoms with E-state index in [9.17, 15) is 13.2 Å². The van der Waals surface area contributed by atoms with Gasteiger partial charge in [-0.2, -0.15) is 0 Å². The monoisotopic (exact) mass is 334 g/mol. The van der Waals surface area contributed by atoms with Gasteiger partial charge in [0.1, 0.15) is 9.84 Å². The number of carbonyl (C=O) groups excluding carboxylic acids is 1. The highest BCUT2D eigenvalue weighted by Crippen LogP contribution is 2.11. The van der Waals surface area contributed by atoms with Crippen molar-refractivity contribution in [3.05, 3.63) is 29.8 Å². The van der Waals surface area contributed by atoms with Crippen LogP contribution in [0.15, 0.2) is 24.3 Å². The highest BCUT2D eigenvalue weighted by Gasteiger charge is 2.06. The van der Waals surface area contributed by atoms with E-state index in [0.717, 1.165) is 24.3 Å². The minimum atomic E-state index is -3.00. The summed E-state index contributed by atoms with van der Waals surface area (Å²) in [7, 11) is -3.00. The summed E-state index contributed by atoms with van der Waals surface area (Å²) in [4.78, 5) is 11.7. The molecule has 1 aromatic rings. The standard InChI is InChI=1S/C14H22N2O3S.ClH/c1-3-15-11-12-6-4-7-13(10-12)16-14(17)8-5-9-20(2,18)19;/h4,6-7,10,15H,3,5,8-9,11H2,1-2H3,(H,16,17);1H. The molecule has 0 radical (unpaired) electrons. The lowest BCUT2D eigenvalue weighted by Gasteiger charge is -2.07. The molecule has 0 aliphatic rings. The van der Waals surface area contributed by atoms with Crippen LogP contribution in [0.3, 0.4) is 0 Å². The summed E-state index contributed by atoms with van der Waals surface area (Å²) in [6.45, 7) is 3.68. The van der Waals surface area contributed by atoms with Crippen molar-refractivity contribution in [3.63, 3.8) is 0 Å². The molecule has 0 bridgehead atoms. The third-order valence-corrected chi connectivity index (χ3v) is 3.74. The number of nitrogens with one attached hydrogen (secondary N) is 2. The van der Waals surface area contributed by atoms with Gasteiger partial charge in [0.25, 0.3) is 0 Å². The molecule has 0 aromatic heterocycles. The minimum Gasteiger partial charge on any atom is -0.326 e. The summed E-state index contributed by atoms with van der Waals surface area (Å²) in [5.74, 6) is -0.116. The Labute approximate surface area is 132 Å². The minimum absolute atomic E-state index is 0. The van der Waals surface area contributed by atoms with Crippen molar-refractivity contribution in [1.29, 1.82) is 0 Å². The molecule has 1 rings (SSSR count). The van der Waals surface area contributed by atoms with Gasteiger partial charge in [-0.1, -0.05) is 19.1 Å². The zero-order chi connectivity index (χ0) is 15.0. The Balaban J connectivity index is 0.00000400. The maximum atomic E-state index is 11.7. The van der Waals surface area contributed by atoms with Crippen LogP contribution in [0.4, 0.5) is 5.69 Å². The molecule has 0 heterocycles. The maximum Gasteiger partial charge on any atom is 0.224 e. The fraction of sp³-hybridized carbons (Fsp3) is 0.500. The molecular weight excluding hydrogens is 312 g/mol. The van der Waals surface area contributed by atoms with Gasteiger partial charge in [0, 0.05) is 24.9 Å². The smallest absolute Gasteiger partial charge is 0.224 e.